The molecule has 0 unspecified atom stereocenters. The molecule has 0 atom stereocenters. The number of hydrogen-bond acceptors (Lipinski definition) is 0. The van der Waals surface area contributed by atoms with Gasteiger partial charge < -0.3 is 0 Å². The van der Waals surface area contributed by atoms with Crippen LogP contribution >= 0.6 is 22.2 Å². The number of hydrogen-bond donors (Lipinski definition) is 0. The molecule has 96 valence electrons. The van der Waals surface area contributed by atoms with Crippen LogP contribution in [0.1, 0.15) is 44.6 Å². The van der Waals surface area contributed by atoms with Crippen LogP contribution in [0, 0.1) is 0 Å². The summed E-state index contributed by atoms with van der Waals surface area (Å²) >= 11 is 12.4. The molecular formula is C14H22Cl2Si. The minimum atomic E-state index is -2.16. The van der Waals surface area contributed by atoms with Gasteiger partial charge in [0.15, 0.2) is 0 Å². The highest BCUT2D eigenvalue weighted by Crippen LogP contribution is 2.15. The van der Waals surface area contributed by atoms with Crippen LogP contribution in [0.3, 0.4) is 0 Å². The molecule has 0 amide bonds. The third kappa shape index (κ3) is 5.94. The monoisotopic (exact) mass is 288 g/mol. The van der Waals surface area contributed by atoms with Crippen molar-refractivity contribution in [1.82, 2.24) is 0 Å². The Balaban J connectivity index is 2.36. The minimum Gasteiger partial charge on any atom is -0.140 e. The van der Waals surface area contributed by atoms with Crippen molar-refractivity contribution in [3.05, 3.63) is 29.8 Å². The molecule has 0 aliphatic rings. The highest BCUT2D eigenvalue weighted by atomic mass is 35.7. The van der Waals surface area contributed by atoms with Gasteiger partial charge in [-0.1, -0.05) is 56.9 Å². The molecule has 0 aromatic heterocycles. The summed E-state index contributed by atoms with van der Waals surface area (Å²) < 4.78 is 0. The molecule has 0 fully saturated rings. The van der Waals surface area contributed by atoms with Gasteiger partial charge in [0, 0.05) is 0 Å². The molecule has 17 heavy (non-hydrogen) atoms. The Morgan fingerprint density at radius 1 is 0.941 bits per heavy atom. The first-order valence-corrected chi connectivity index (χ1v) is 11.0. The van der Waals surface area contributed by atoms with Gasteiger partial charge in [0.1, 0.15) is 0 Å². The summed E-state index contributed by atoms with van der Waals surface area (Å²) in [7, 11) is 0. The lowest BCUT2D eigenvalue weighted by Crippen LogP contribution is -2.32. The van der Waals surface area contributed by atoms with Crippen LogP contribution in [0.5, 0.6) is 0 Å². The zero-order valence-corrected chi connectivity index (χ0v) is 13.3. The first kappa shape index (κ1) is 15.1. The van der Waals surface area contributed by atoms with E-state index in [0.717, 1.165) is 5.19 Å². The molecule has 1 aromatic rings. The van der Waals surface area contributed by atoms with Crippen molar-refractivity contribution >= 4 is 34.0 Å². The van der Waals surface area contributed by atoms with Crippen LogP contribution < -0.4 is 5.19 Å². The Morgan fingerprint density at radius 3 is 2.06 bits per heavy atom. The van der Waals surface area contributed by atoms with Crippen molar-refractivity contribution in [2.45, 2.75) is 52.0 Å². The molecule has 0 N–H and O–H groups in total. The van der Waals surface area contributed by atoms with Gasteiger partial charge in [0.2, 0.25) is 0 Å². The fourth-order valence-electron chi connectivity index (χ4n) is 1.90. The second kappa shape index (κ2) is 7.45. The molecule has 0 heterocycles. The predicted molar refractivity (Wildman–Crippen MR) is 81.9 cm³/mol. The zero-order chi connectivity index (χ0) is 12.7. The average Bonchev–Trinajstić information content (AvgIpc) is 2.28. The average molecular weight is 289 g/mol. The van der Waals surface area contributed by atoms with Gasteiger partial charge in [-0.05, 0) is 30.1 Å². The summed E-state index contributed by atoms with van der Waals surface area (Å²) in [5.74, 6) is 0. The molecule has 0 aliphatic carbocycles. The van der Waals surface area contributed by atoms with Gasteiger partial charge in [-0.3, -0.25) is 0 Å². The van der Waals surface area contributed by atoms with Crippen LogP contribution in [0.25, 0.3) is 0 Å². The van der Waals surface area contributed by atoms with Crippen molar-refractivity contribution < 1.29 is 0 Å². The maximum absolute atomic E-state index is 6.18. The Bertz CT molecular complexity index is 314. The van der Waals surface area contributed by atoms with E-state index in [1.165, 1.54) is 44.1 Å². The maximum Gasteiger partial charge on any atom is 0.277 e. The lowest BCUT2D eigenvalue weighted by atomic mass is 10.1. The molecule has 3 heteroatoms. The van der Waals surface area contributed by atoms with E-state index in [2.05, 4.69) is 31.2 Å². The van der Waals surface area contributed by atoms with Crippen molar-refractivity contribution in [3.8, 4) is 0 Å². The lowest BCUT2D eigenvalue weighted by Gasteiger charge is -2.11. The van der Waals surface area contributed by atoms with Crippen molar-refractivity contribution in [3.63, 3.8) is 0 Å². The van der Waals surface area contributed by atoms with E-state index in [0.29, 0.717) is 0 Å². The second-order valence-electron chi connectivity index (χ2n) is 4.75. The maximum atomic E-state index is 6.18. The summed E-state index contributed by atoms with van der Waals surface area (Å²) in [4.78, 5) is 0. The van der Waals surface area contributed by atoms with Crippen LogP contribution in [0.2, 0.25) is 6.55 Å². The largest absolute Gasteiger partial charge is 0.277 e. The van der Waals surface area contributed by atoms with Crippen LogP contribution in [0.15, 0.2) is 24.3 Å². The molecule has 0 saturated carbocycles. The molecule has 0 radical (unpaired) electrons. The fraction of sp³-hybridized carbons (Fsp3) is 0.571. The Kier molecular flexibility index (Phi) is 6.61. The van der Waals surface area contributed by atoms with Crippen molar-refractivity contribution in [1.29, 1.82) is 0 Å². The van der Waals surface area contributed by atoms with E-state index < -0.39 is 6.69 Å². The highest BCUT2D eigenvalue weighted by Gasteiger charge is 2.23. The van der Waals surface area contributed by atoms with Crippen molar-refractivity contribution in [2.24, 2.45) is 0 Å². The summed E-state index contributed by atoms with van der Waals surface area (Å²) in [6, 6.07) is 8.53. The number of benzene rings is 1. The molecule has 0 aliphatic heterocycles. The predicted octanol–water partition coefficient (Wildman–Crippen LogP) is 4.96. The highest BCUT2D eigenvalue weighted by molar-refractivity contribution is 7.50. The molecule has 0 saturated heterocycles. The van der Waals surface area contributed by atoms with E-state index in [1.807, 2.05) is 6.55 Å². The zero-order valence-electron chi connectivity index (χ0n) is 10.8. The summed E-state index contributed by atoms with van der Waals surface area (Å²) in [5.41, 5.74) is 1.40. The lowest BCUT2D eigenvalue weighted by molar-refractivity contribution is 0.632. The van der Waals surface area contributed by atoms with Crippen LogP contribution in [0.4, 0.5) is 0 Å². The first-order valence-electron chi connectivity index (χ1n) is 6.51. The van der Waals surface area contributed by atoms with E-state index in [9.17, 15) is 0 Å². The Morgan fingerprint density at radius 2 is 1.53 bits per heavy atom. The number of aryl methyl sites for hydroxylation is 1. The van der Waals surface area contributed by atoms with Gasteiger partial charge in [0.25, 0.3) is 6.69 Å². The standard InChI is InChI=1S/C14H22Cl2Si/c1-3-4-5-6-7-8-13-9-11-14(12-10-13)17(2,15)16/h9-12H,3-8H2,1-2H3. The fourth-order valence-corrected chi connectivity index (χ4v) is 3.40. The van der Waals surface area contributed by atoms with Gasteiger partial charge in [-0.15, -0.1) is 22.2 Å². The molecule has 1 rings (SSSR count). The van der Waals surface area contributed by atoms with Gasteiger partial charge in [-0.25, -0.2) is 0 Å². The third-order valence-corrected chi connectivity index (χ3v) is 5.69. The smallest absolute Gasteiger partial charge is 0.140 e. The normalized spacial score (nSPS) is 11.8. The number of rotatable bonds is 7. The topological polar surface area (TPSA) is 0 Å². The molecule has 0 spiro atoms. The quantitative estimate of drug-likeness (QED) is 0.378. The van der Waals surface area contributed by atoms with Crippen LogP contribution in [-0.4, -0.2) is 6.69 Å². The van der Waals surface area contributed by atoms with E-state index in [1.54, 1.807) is 0 Å². The summed E-state index contributed by atoms with van der Waals surface area (Å²) in [6.07, 6.45) is 7.84. The van der Waals surface area contributed by atoms with Crippen LogP contribution in [-0.2, 0) is 6.42 Å². The van der Waals surface area contributed by atoms with Gasteiger partial charge in [-0.2, -0.15) is 0 Å². The van der Waals surface area contributed by atoms with E-state index >= 15 is 0 Å². The van der Waals surface area contributed by atoms with Gasteiger partial charge >= 0.3 is 0 Å². The number of halogens is 2. The van der Waals surface area contributed by atoms with E-state index in [4.69, 9.17) is 22.2 Å². The van der Waals surface area contributed by atoms with Crippen molar-refractivity contribution in [2.75, 3.05) is 0 Å². The first-order chi connectivity index (χ1) is 8.04. The van der Waals surface area contributed by atoms with E-state index in [-0.39, 0.29) is 0 Å². The summed E-state index contributed by atoms with van der Waals surface area (Å²) in [5, 5.41) is 1.11. The second-order valence-corrected chi connectivity index (χ2v) is 12.2. The molecule has 1 aromatic carbocycles. The molecule has 0 nitrogen and oxygen atoms in total. The third-order valence-electron chi connectivity index (χ3n) is 3.03. The summed E-state index contributed by atoms with van der Waals surface area (Å²) in [6.45, 7) is 2.03. The Hall–Kier alpha value is 0.0169. The number of unbranched alkanes of at least 4 members (excludes halogenated alkanes) is 4. The van der Waals surface area contributed by atoms with Gasteiger partial charge in [0.05, 0.1) is 0 Å². The SMILES string of the molecule is CCCCCCCc1ccc([Si](C)(Cl)Cl)cc1. The molecular weight excluding hydrogens is 267 g/mol. The minimum absolute atomic E-state index is 1.11. The Labute approximate surface area is 116 Å². The molecule has 0 bridgehead atoms.